The topological polar surface area (TPSA) is 66.5 Å². The molecule has 0 bridgehead atoms. The van der Waals surface area contributed by atoms with Gasteiger partial charge in [-0.3, -0.25) is 0 Å². The quantitative estimate of drug-likeness (QED) is 0.313. The van der Waals surface area contributed by atoms with Gasteiger partial charge in [0.05, 0.1) is 5.39 Å². The van der Waals surface area contributed by atoms with Crippen LogP contribution >= 0.6 is 0 Å². The first-order chi connectivity index (χ1) is 8.20. The van der Waals surface area contributed by atoms with Crippen molar-refractivity contribution in [2.24, 2.45) is 0 Å². The maximum absolute atomic E-state index is 10.2. The second kappa shape index (κ2) is 3.28. The van der Waals surface area contributed by atoms with Gasteiger partial charge in [0.15, 0.2) is 0 Å². The third-order valence-electron chi connectivity index (χ3n) is 3.03. The fourth-order valence-electron chi connectivity index (χ4n) is 2.21. The van der Waals surface area contributed by atoms with Gasteiger partial charge in [-0.15, -0.1) is 0 Å². The molecular formula is C14H11NO2. The third kappa shape index (κ3) is 1.22. The van der Waals surface area contributed by atoms with E-state index in [1.165, 1.54) is 0 Å². The second-order valence-corrected chi connectivity index (χ2v) is 4.01. The van der Waals surface area contributed by atoms with Crippen LogP contribution in [0.1, 0.15) is 0 Å². The number of rotatable bonds is 0. The number of benzene rings is 3. The van der Waals surface area contributed by atoms with Gasteiger partial charge in [-0.1, -0.05) is 36.4 Å². The molecule has 3 aromatic carbocycles. The third-order valence-corrected chi connectivity index (χ3v) is 3.03. The zero-order chi connectivity index (χ0) is 12.0. The number of phenolic OH excluding ortho intramolecular Hbond substituents is 2. The van der Waals surface area contributed by atoms with Crippen LogP contribution < -0.4 is 5.73 Å². The summed E-state index contributed by atoms with van der Waals surface area (Å²) in [5.74, 6) is 0.271. The zero-order valence-electron chi connectivity index (χ0n) is 9.01. The molecule has 0 saturated heterocycles. The van der Waals surface area contributed by atoms with Crippen molar-refractivity contribution >= 4 is 27.2 Å². The summed E-state index contributed by atoms with van der Waals surface area (Å²) in [5.41, 5.74) is 6.31. The molecule has 0 unspecified atom stereocenters. The lowest BCUT2D eigenvalue weighted by Gasteiger charge is -2.10. The number of nitrogens with two attached hydrogens (primary N) is 1. The predicted molar refractivity (Wildman–Crippen MR) is 69.2 cm³/mol. The van der Waals surface area contributed by atoms with Crippen LogP contribution in [0, 0.1) is 0 Å². The summed E-state index contributed by atoms with van der Waals surface area (Å²) < 4.78 is 0. The maximum Gasteiger partial charge on any atom is 0.133 e. The molecule has 3 nitrogen and oxygen atoms in total. The van der Waals surface area contributed by atoms with Crippen molar-refractivity contribution < 1.29 is 10.2 Å². The summed E-state index contributed by atoms with van der Waals surface area (Å²) in [6.07, 6.45) is 0. The SMILES string of the molecule is Nc1cccc2c(O)c3ccccc3c(O)c12. The Morgan fingerprint density at radius 1 is 0.706 bits per heavy atom. The van der Waals surface area contributed by atoms with Gasteiger partial charge in [0.25, 0.3) is 0 Å². The number of hydrogen-bond donors (Lipinski definition) is 3. The molecule has 0 atom stereocenters. The summed E-state index contributed by atoms with van der Waals surface area (Å²) >= 11 is 0. The van der Waals surface area contributed by atoms with Gasteiger partial charge in [-0.2, -0.15) is 0 Å². The molecule has 3 aromatic rings. The molecule has 3 rings (SSSR count). The molecule has 0 radical (unpaired) electrons. The molecule has 0 spiro atoms. The van der Waals surface area contributed by atoms with Crippen LogP contribution in [0.3, 0.4) is 0 Å². The maximum atomic E-state index is 10.2. The molecule has 0 aliphatic carbocycles. The Hall–Kier alpha value is -2.42. The fraction of sp³-hybridized carbons (Fsp3) is 0. The molecule has 4 N–H and O–H groups in total. The monoisotopic (exact) mass is 225 g/mol. The number of nitrogen functional groups attached to an aromatic ring is 1. The summed E-state index contributed by atoms with van der Waals surface area (Å²) in [4.78, 5) is 0. The Morgan fingerprint density at radius 2 is 1.29 bits per heavy atom. The van der Waals surface area contributed by atoms with Crippen molar-refractivity contribution in [2.75, 3.05) is 5.73 Å². The minimum Gasteiger partial charge on any atom is -0.507 e. The van der Waals surface area contributed by atoms with Gasteiger partial charge in [0, 0.05) is 21.8 Å². The Bertz CT molecular complexity index is 735. The number of phenols is 2. The highest BCUT2D eigenvalue weighted by molar-refractivity contribution is 6.14. The van der Waals surface area contributed by atoms with E-state index in [1.54, 1.807) is 30.3 Å². The number of fused-ring (bicyclic) bond motifs is 2. The van der Waals surface area contributed by atoms with E-state index in [9.17, 15) is 10.2 Å². The van der Waals surface area contributed by atoms with E-state index in [0.717, 1.165) is 0 Å². The van der Waals surface area contributed by atoms with Crippen LogP contribution in [0.2, 0.25) is 0 Å². The van der Waals surface area contributed by atoms with Crippen molar-refractivity contribution in [3.63, 3.8) is 0 Å². The lowest BCUT2D eigenvalue weighted by molar-refractivity contribution is 0.478. The van der Waals surface area contributed by atoms with Gasteiger partial charge < -0.3 is 15.9 Å². The Kier molecular flexibility index (Phi) is 1.89. The summed E-state index contributed by atoms with van der Waals surface area (Å²) in [7, 11) is 0. The van der Waals surface area contributed by atoms with Gasteiger partial charge >= 0.3 is 0 Å². The smallest absolute Gasteiger partial charge is 0.133 e. The second-order valence-electron chi connectivity index (χ2n) is 4.01. The fourth-order valence-corrected chi connectivity index (χ4v) is 2.21. The molecule has 0 amide bonds. The van der Waals surface area contributed by atoms with Gasteiger partial charge in [-0.25, -0.2) is 0 Å². The van der Waals surface area contributed by atoms with E-state index in [4.69, 9.17) is 5.73 Å². The molecule has 0 aliphatic rings. The van der Waals surface area contributed by atoms with Crippen LogP contribution in [0.5, 0.6) is 11.5 Å². The minimum atomic E-state index is 0.117. The first-order valence-electron chi connectivity index (χ1n) is 5.31. The van der Waals surface area contributed by atoms with Crippen LogP contribution in [0.4, 0.5) is 5.69 Å². The molecule has 17 heavy (non-hydrogen) atoms. The summed E-state index contributed by atoms with van der Waals surface area (Å²) in [6, 6.07) is 12.4. The van der Waals surface area contributed by atoms with E-state index in [0.29, 0.717) is 27.2 Å². The van der Waals surface area contributed by atoms with Crippen LogP contribution in [0.15, 0.2) is 42.5 Å². The Labute approximate surface area is 97.7 Å². The van der Waals surface area contributed by atoms with E-state index in [1.807, 2.05) is 12.1 Å². The number of anilines is 1. The molecule has 3 heteroatoms. The minimum absolute atomic E-state index is 0.117. The van der Waals surface area contributed by atoms with Crippen molar-refractivity contribution in [3.8, 4) is 11.5 Å². The standard InChI is InChI=1S/C14H11NO2/c15-11-7-3-6-10-12(11)14(17)9-5-2-1-4-8(9)13(10)16/h1-7,16-17H,15H2. The molecular weight excluding hydrogens is 214 g/mol. The van der Waals surface area contributed by atoms with Gasteiger partial charge in [-0.05, 0) is 6.07 Å². The lowest BCUT2D eigenvalue weighted by Crippen LogP contribution is -1.88. The van der Waals surface area contributed by atoms with E-state index < -0.39 is 0 Å². The average Bonchev–Trinajstić information content (AvgIpc) is 2.36. The normalized spacial score (nSPS) is 11.1. The molecule has 0 heterocycles. The van der Waals surface area contributed by atoms with Crippen molar-refractivity contribution in [1.82, 2.24) is 0 Å². The van der Waals surface area contributed by atoms with Gasteiger partial charge in [0.2, 0.25) is 0 Å². The number of aromatic hydroxyl groups is 2. The van der Waals surface area contributed by atoms with E-state index >= 15 is 0 Å². The Balaban J connectivity index is 2.69. The van der Waals surface area contributed by atoms with Crippen molar-refractivity contribution in [3.05, 3.63) is 42.5 Å². The van der Waals surface area contributed by atoms with Crippen molar-refractivity contribution in [2.45, 2.75) is 0 Å². The molecule has 0 aliphatic heterocycles. The zero-order valence-corrected chi connectivity index (χ0v) is 9.01. The number of hydrogen-bond acceptors (Lipinski definition) is 3. The highest BCUT2D eigenvalue weighted by Gasteiger charge is 2.13. The molecule has 84 valence electrons. The van der Waals surface area contributed by atoms with Crippen LogP contribution in [0.25, 0.3) is 21.5 Å². The van der Waals surface area contributed by atoms with Gasteiger partial charge in [0.1, 0.15) is 11.5 Å². The predicted octanol–water partition coefficient (Wildman–Crippen LogP) is 2.99. The lowest BCUT2D eigenvalue weighted by atomic mass is 10.00. The van der Waals surface area contributed by atoms with E-state index in [2.05, 4.69) is 0 Å². The molecule has 0 saturated carbocycles. The summed E-state index contributed by atoms with van der Waals surface area (Å²) in [5, 5.41) is 22.7. The average molecular weight is 225 g/mol. The first kappa shape index (κ1) is 9.78. The molecule has 0 aromatic heterocycles. The highest BCUT2D eigenvalue weighted by atomic mass is 16.3. The van der Waals surface area contributed by atoms with Crippen molar-refractivity contribution in [1.29, 1.82) is 0 Å². The Morgan fingerprint density at radius 3 is 2.00 bits per heavy atom. The first-order valence-corrected chi connectivity index (χ1v) is 5.31. The van der Waals surface area contributed by atoms with E-state index in [-0.39, 0.29) is 11.5 Å². The van der Waals surface area contributed by atoms with Crippen LogP contribution in [-0.4, -0.2) is 10.2 Å². The highest BCUT2D eigenvalue weighted by Crippen LogP contribution is 2.43. The van der Waals surface area contributed by atoms with Crippen LogP contribution in [-0.2, 0) is 0 Å². The summed E-state index contributed by atoms with van der Waals surface area (Å²) in [6.45, 7) is 0. The molecule has 0 fully saturated rings. The largest absolute Gasteiger partial charge is 0.507 e.